The normalized spacial score (nSPS) is 10.9. The molecule has 2 heterocycles. The number of carbonyl (C=O) groups is 1. The molecule has 0 spiro atoms. The molecule has 0 saturated carbocycles. The van der Waals surface area contributed by atoms with Crippen molar-refractivity contribution in [2.45, 2.75) is 0 Å². The third-order valence-electron chi connectivity index (χ3n) is 3.79. The molecule has 0 fully saturated rings. The van der Waals surface area contributed by atoms with Crippen molar-refractivity contribution in [2.75, 3.05) is 0 Å². The van der Waals surface area contributed by atoms with Crippen LogP contribution in [-0.4, -0.2) is 21.5 Å². The molecule has 0 saturated heterocycles. The molecule has 130 valence electrons. The van der Waals surface area contributed by atoms with Gasteiger partial charge in [-0.25, -0.2) is 17.6 Å². The summed E-state index contributed by atoms with van der Waals surface area (Å²) in [7, 11) is 3.48. The molecule has 2 aromatic heterocycles. The lowest BCUT2D eigenvalue weighted by molar-refractivity contribution is 0.103. The van der Waals surface area contributed by atoms with E-state index in [1.807, 2.05) is 0 Å². The van der Waals surface area contributed by atoms with E-state index in [2.05, 4.69) is 6.58 Å². The van der Waals surface area contributed by atoms with Gasteiger partial charge < -0.3 is 0 Å². The zero-order valence-electron chi connectivity index (χ0n) is 13.8. The number of benzene rings is 1. The van der Waals surface area contributed by atoms with E-state index in [4.69, 9.17) is 0 Å². The first-order valence-corrected chi connectivity index (χ1v) is 9.08. The van der Waals surface area contributed by atoms with Gasteiger partial charge in [0.1, 0.15) is 5.56 Å². The summed E-state index contributed by atoms with van der Waals surface area (Å²) in [6, 6.07) is 6.20. The molecule has 0 N–H and O–H groups in total. The molecule has 0 bridgehead atoms. The molecule has 26 heavy (non-hydrogen) atoms. The molecule has 1 aromatic carbocycles. The van der Waals surface area contributed by atoms with Crippen LogP contribution in [0.5, 0.6) is 0 Å². The van der Waals surface area contributed by atoms with Crippen molar-refractivity contribution in [1.82, 2.24) is 0 Å². The van der Waals surface area contributed by atoms with Gasteiger partial charge in [-0.15, -0.1) is 11.3 Å². The lowest BCUT2D eigenvalue weighted by Crippen LogP contribution is -2.13. The van der Waals surface area contributed by atoms with Crippen LogP contribution >= 0.6 is 22.7 Å². The molecular formula is C17H10B2F4OS2. The van der Waals surface area contributed by atoms with Crippen LogP contribution in [0.25, 0.3) is 5.57 Å². The van der Waals surface area contributed by atoms with E-state index in [1.165, 1.54) is 17.4 Å². The van der Waals surface area contributed by atoms with Crippen molar-refractivity contribution in [3.05, 3.63) is 75.0 Å². The summed E-state index contributed by atoms with van der Waals surface area (Å²) in [5, 5.41) is 0. The summed E-state index contributed by atoms with van der Waals surface area (Å²) in [6.45, 7) is 3.56. The summed E-state index contributed by atoms with van der Waals surface area (Å²) >= 11 is 2.17. The number of halogens is 4. The fourth-order valence-corrected chi connectivity index (χ4v) is 4.15. The number of hydrogen-bond donors (Lipinski definition) is 0. The summed E-state index contributed by atoms with van der Waals surface area (Å²) < 4.78 is 59.6. The van der Waals surface area contributed by atoms with Gasteiger partial charge in [0.15, 0.2) is 39.0 Å². The Morgan fingerprint density at radius 3 is 1.62 bits per heavy atom. The number of ketones is 1. The van der Waals surface area contributed by atoms with E-state index in [0.717, 1.165) is 20.9 Å². The quantitative estimate of drug-likeness (QED) is 0.288. The Labute approximate surface area is 156 Å². The molecule has 0 radical (unpaired) electrons. The topological polar surface area (TPSA) is 17.1 Å². The van der Waals surface area contributed by atoms with Gasteiger partial charge in [0, 0.05) is 4.88 Å². The second kappa shape index (κ2) is 6.89. The number of rotatable bonds is 4. The highest BCUT2D eigenvalue weighted by atomic mass is 32.1. The van der Waals surface area contributed by atoms with Gasteiger partial charge >= 0.3 is 0 Å². The third kappa shape index (κ3) is 3.05. The molecule has 3 aromatic rings. The Balaban J connectivity index is 2.17. The van der Waals surface area contributed by atoms with Crippen LogP contribution in [-0.2, 0) is 0 Å². The maximum atomic E-state index is 14.5. The number of carbonyl (C=O) groups excluding carboxylic acids is 1. The monoisotopic (exact) mass is 392 g/mol. The average molecular weight is 392 g/mol. The molecule has 0 aliphatic heterocycles. The maximum Gasteiger partial charge on any atom is 0.209 e. The standard InChI is InChI=1S/C17H10B2F4OS2/c1-6(7-2-4-9(18)25-7)11-13(20)15(22)12(16(23)14(11)21)17(24)8-3-5-10(19)26-8/h2-5H,1,18-19H2. The lowest BCUT2D eigenvalue weighted by Gasteiger charge is -2.12. The Hall–Kier alpha value is -2.12. The van der Waals surface area contributed by atoms with Crippen molar-refractivity contribution < 1.29 is 22.4 Å². The van der Waals surface area contributed by atoms with Crippen molar-refractivity contribution in [3.63, 3.8) is 0 Å². The number of hydrogen-bond acceptors (Lipinski definition) is 3. The highest BCUT2D eigenvalue weighted by Crippen LogP contribution is 2.34. The van der Waals surface area contributed by atoms with E-state index in [0.29, 0.717) is 4.88 Å². The molecule has 3 rings (SSSR count). The Kier molecular flexibility index (Phi) is 4.94. The molecule has 1 nitrogen and oxygen atoms in total. The van der Waals surface area contributed by atoms with Crippen molar-refractivity contribution in [3.8, 4) is 0 Å². The zero-order valence-corrected chi connectivity index (χ0v) is 15.4. The predicted octanol–water partition coefficient (Wildman–Crippen LogP) is 2.18. The minimum absolute atomic E-state index is 0.000409. The summed E-state index contributed by atoms with van der Waals surface area (Å²) in [5.41, 5.74) is -2.32. The van der Waals surface area contributed by atoms with Gasteiger partial charge in [0.25, 0.3) is 0 Å². The fourth-order valence-electron chi connectivity index (χ4n) is 2.50. The van der Waals surface area contributed by atoms with E-state index < -0.39 is 40.2 Å². The Morgan fingerprint density at radius 2 is 1.19 bits per heavy atom. The Bertz CT molecular complexity index is 943. The molecule has 0 atom stereocenters. The van der Waals surface area contributed by atoms with Gasteiger partial charge in [-0.05, 0) is 27.3 Å². The SMILES string of the molecule is Bc1ccc(C(=C)c2c(F)c(F)c(C(=O)c3ccc(B)s3)c(F)c2F)s1. The molecule has 0 amide bonds. The number of thiophene rings is 2. The van der Waals surface area contributed by atoms with E-state index in [1.54, 1.807) is 33.9 Å². The van der Waals surface area contributed by atoms with Crippen molar-refractivity contribution in [2.24, 2.45) is 0 Å². The summed E-state index contributed by atoms with van der Waals surface area (Å²) in [4.78, 5) is 12.7. The second-order valence-corrected chi connectivity index (χ2v) is 8.21. The fraction of sp³-hybridized carbons (Fsp3) is 0. The molecule has 0 aliphatic rings. The zero-order chi connectivity index (χ0) is 19.2. The third-order valence-corrected chi connectivity index (χ3v) is 5.85. The minimum Gasteiger partial charge on any atom is -0.287 e. The van der Waals surface area contributed by atoms with Crippen LogP contribution in [0.1, 0.15) is 25.7 Å². The van der Waals surface area contributed by atoms with Crippen LogP contribution in [0.4, 0.5) is 17.6 Å². The first kappa shape index (κ1) is 18.7. The molecule has 9 heteroatoms. The van der Waals surface area contributed by atoms with Gasteiger partial charge in [0.2, 0.25) is 5.78 Å². The molecule has 0 aliphatic carbocycles. The highest BCUT2D eigenvalue weighted by molar-refractivity contribution is 7.22. The summed E-state index contributed by atoms with van der Waals surface area (Å²) in [5.74, 6) is -7.79. The van der Waals surface area contributed by atoms with Gasteiger partial charge in [0.05, 0.1) is 10.4 Å². The lowest BCUT2D eigenvalue weighted by atomic mass is 9.98. The Morgan fingerprint density at radius 1 is 0.769 bits per heavy atom. The van der Waals surface area contributed by atoms with Crippen LogP contribution in [0, 0.1) is 23.3 Å². The summed E-state index contributed by atoms with van der Waals surface area (Å²) in [6.07, 6.45) is 0. The van der Waals surface area contributed by atoms with Crippen LogP contribution in [0.2, 0.25) is 0 Å². The van der Waals surface area contributed by atoms with Gasteiger partial charge in [-0.2, -0.15) is 11.3 Å². The largest absolute Gasteiger partial charge is 0.287 e. The van der Waals surface area contributed by atoms with Crippen molar-refractivity contribution in [1.29, 1.82) is 0 Å². The van der Waals surface area contributed by atoms with Crippen LogP contribution in [0.3, 0.4) is 0 Å². The van der Waals surface area contributed by atoms with Crippen molar-refractivity contribution >= 4 is 59.3 Å². The highest BCUT2D eigenvalue weighted by Gasteiger charge is 2.31. The first-order valence-electron chi connectivity index (χ1n) is 7.45. The maximum absolute atomic E-state index is 14.5. The minimum atomic E-state index is -1.72. The average Bonchev–Trinajstić information content (AvgIpc) is 3.21. The van der Waals surface area contributed by atoms with Crippen LogP contribution in [0.15, 0.2) is 30.8 Å². The first-order chi connectivity index (χ1) is 12.2. The van der Waals surface area contributed by atoms with E-state index >= 15 is 0 Å². The van der Waals surface area contributed by atoms with Crippen LogP contribution < -0.4 is 9.55 Å². The molecular weight excluding hydrogens is 382 g/mol. The second-order valence-electron chi connectivity index (χ2n) is 5.63. The molecule has 0 unspecified atom stereocenters. The van der Waals surface area contributed by atoms with Gasteiger partial charge in [-0.1, -0.05) is 18.7 Å². The smallest absolute Gasteiger partial charge is 0.209 e. The van der Waals surface area contributed by atoms with Gasteiger partial charge in [-0.3, -0.25) is 4.79 Å². The predicted molar refractivity (Wildman–Crippen MR) is 103 cm³/mol. The van der Waals surface area contributed by atoms with E-state index in [-0.39, 0.29) is 10.5 Å². The van der Waals surface area contributed by atoms with E-state index in [9.17, 15) is 22.4 Å².